The van der Waals surface area contributed by atoms with Crippen LogP contribution in [0.15, 0.2) is 66.4 Å². The molecule has 0 aromatic heterocycles. The molecular weight excluding hydrogens is 336 g/mol. The molecule has 0 saturated carbocycles. The van der Waals surface area contributed by atoms with Gasteiger partial charge < -0.3 is 15.1 Å². The lowest BCUT2D eigenvalue weighted by Crippen LogP contribution is -2.37. The summed E-state index contributed by atoms with van der Waals surface area (Å²) in [5.74, 6) is -0.285. The van der Waals surface area contributed by atoms with E-state index < -0.39 is 0 Å². The van der Waals surface area contributed by atoms with Crippen LogP contribution in [0.4, 0.5) is 11.4 Å². The maximum Gasteiger partial charge on any atom is 0.266 e. The molecule has 0 atom stereocenters. The van der Waals surface area contributed by atoms with Gasteiger partial charge in [0.25, 0.3) is 5.91 Å². The standard InChI is InChI=1S/C22H26N4O/c1-17(2)26(16-18-9-6-5-7-10-18)22(27)19(14-23)15-24-20-11-8-12-21(13-20)25(3)4/h5-13,15,17,24H,16H2,1-4H3/b19-15-. The Bertz CT molecular complexity index is 835. The van der Waals surface area contributed by atoms with Crippen molar-refractivity contribution in [2.45, 2.75) is 26.4 Å². The molecule has 27 heavy (non-hydrogen) atoms. The summed E-state index contributed by atoms with van der Waals surface area (Å²) in [6, 6.07) is 19.6. The van der Waals surface area contributed by atoms with Crippen LogP contribution in [-0.2, 0) is 11.3 Å². The van der Waals surface area contributed by atoms with Gasteiger partial charge in [0.05, 0.1) is 0 Å². The molecule has 0 heterocycles. The summed E-state index contributed by atoms with van der Waals surface area (Å²) in [7, 11) is 3.92. The summed E-state index contributed by atoms with van der Waals surface area (Å²) in [6.45, 7) is 4.36. The Kier molecular flexibility index (Phi) is 7.01. The minimum atomic E-state index is -0.285. The largest absolute Gasteiger partial charge is 0.378 e. The predicted molar refractivity (Wildman–Crippen MR) is 110 cm³/mol. The van der Waals surface area contributed by atoms with Gasteiger partial charge in [-0.3, -0.25) is 4.79 Å². The van der Waals surface area contributed by atoms with Crippen molar-refractivity contribution in [1.29, 1.82) is 5.26 Å². The van der Waals surface area contributed by atoms with Crippen LogP contribution in [-0.4, -0.2) is 30.9 Å². The van der Waals surface area contributed by atoms with Gasteiger partial charge in [-0.1, -0.05) is 36.4 Å². The summed E-state index contributed by atoms with van der Waals surface area (Å²) < 4.78 is 0. The summed E-state index contributed by atoms with van der Waals surface area (Å²) in [5, 5.41) is 12.6. The first-order valence-electron chi connectivity index (χ1n) is 8.91. The molecule has 0 saturated heterocycles. The smallest absolute Gasteiger partial charge is 0.266 e. The first kappa shape index (κ1) is 20.1. The van der Waals surface area contributed by atoms with Crippen LogP contribution in [0.5, 0.6) is 0 Å². The van der Waals surface area contributed by atoms with E-state index in [1.807, 2.05) is 93.5 Å². The molecule has 0 unspecified atom stereocenters. The van der Waals surface area contributed by atoms with Crippen LogP contribution in [0.25, 0.3) is 0 Å². The molecule has 0 spiro atoms. The molecule has 1 amide bonds. The Balaban J connectivity index is 2.18. The Morgan fingerprint density at radius 2 is 1.85 bits per heavy atom. The van der Waals surface area contributed by atoms with Crippen LogP contribution in [0.3, 0.4) is 0 Å². The number of amides is 1. The Hall–Kier alpha value is -3.26. The van der Waals surface area contributed by atoms with Gasteiger partial charge in [0, 0.05) is 44.3 Å². The third-order valence-electron chi connectivity index (χ3n) is 4.18. The second-order valence-corrected chi connectivity index (χ2v) is 6.77. The van der Waals surface area contributed by atoms with Crippen molar-refractivity contribution < 1.29 is 4.79 Å². The Morgan fingerprint density at radius 3 is 2.44 bits per heavy atom. The van der Waals surface area contributed by atoms with Gasteiger partial charge in [0.1, 0.15) is 11.6 Å². The maximum atomic E-state index is 12.9. The summed E-state index contributed by atoms with van der Waals surface area (Å²) in [6.07, 6.45) is 1.48. The number of carbonyl (C=O) groups is 1. The second-order valence-electron chi connectivity index (χ2n) is 6.77. The molecule has 0 aliphatic rings. The van der Waals surface area contributed by atoms with E-state index in [2.05, 4.69) is 5.32 Å². The highest BCUT2D eigenvalue weighted by Crippen LogP contribution is 2.18. The zero-order valence-electron chi connectivity index (χ0n) is 16.3. The molecule has 2 rings (SSSR count). The molecule has 0 aliphatic heterocycles. The fraction of sp³-hybridized carbons (Fsp3) is 0.273. The average Bonchev–Trinajstić information content (AvgIpc) is 2.67. The van der Waals surface area contributed by atoms with Crippen molar-refractivity contribution in [2.24, 2.45) is 0 Å². The summed E-state index contributed by atoms with van der Waals surface area (Å²) >= 11 is 0. The van der Waals surface area contributed by atoms with Crippen molar-refractivity contribution in [3.8, 4) is 6.07 Å². The molecule has 0 radical (unpaired) electrons. The van der Waals surface area contributed by atoms with E-state index in [0.29, 0.717) is 6.54 Å². The van der Waals surface area contributed by atoms with Crippen molar-refractivity contribution in [2.75, 3.05) is 24.3 Å². The van der Waals surface area contributed by atoms with Gasteiger partial charge in [-0.2, -0.15) is 5.26 Å². The van der Waals surface area contributed by atoms with Gasteiger partial charge in [-0.25, -0.2) is 0 Å². The fourth-order valence-electron chi connectivity index (χ4n) is 2.59. The van der Waals surface area contributed by atoms with Gasteiger partial charge in [-0.15, -0.1) is 0 Å². The van der Waals surface area contributed by atoms with Crippen molar-refractivity contribution >= 4 is 17.3 Å². The van der Waals surface area contributed by atoms with E-state index in [4.69, 9.17) is 0 Å². The minimum Gasteiger partial charge on any atom is -0.378 e. The van der Waals surface area contributed by atoms with Crippen molar-refractivity contribution in [3.63, 3.8) is 0 Å². The number of nitrogens with one attached hydrogen (secondary N) is 1. The molecule has 5 nitrogen and oxygen atoms in total. The van der Waals surface area contributed by atoms with Gasteiger partial charge in [0.15, 0.2) is 0 Å². The van der Waals surface area contributed by atoms with E-state index in [1.54, 1.807) is 4.90 Å². The third-order valence-corrected chi connectivity index (χ3v) is 4.18. The van der Waals surface area contributed by atoms with Crippen LogP contribution in [0.1, 0.15) is 19.4 Å². The number of benzene rings is 2. The monoisotopic (exact) mass is 362 g/mol. The normalized spacial score (nSPS) is 11.0. The highest BCUT2D eigenvalue weighted by atomic mass is 16.2. The first-order valence-corrected chi connectivity index (χ1v) is 8.91. The lowest BCUT2D eigenvalue weighted by atomic mass is 10.1. The van der Waals surface area contributed by atoms with Crippen LogP contribution in [0, 0.1) is 11.3 Å². The van der Waals surface area contributed by atoms with E-state index >= 15 is 0 Å². The van der Waals surface area contributed by atoms with E-state index in [0.717, 1.165) is 16.9 Å². The molecule has 2 aromatic rings. The first-order chi connectivity index (χ1) is 12.9. The number of nitriles is 1. The zero-order valence-corrected chi connectivity index (χ0v) is 16.3. The number of hydrogen-bond donors (Lipinski definition) is 1. The van der Waals surface area contributed by atoms with Crippen LogP contribution >= 0.6 is 0 Å². The average molecular weight is 362 g/mol. The maximum absolute atomic E-state index is 12.9. The summed E-state index contributed by atoms with van der Waals surface area (Å²) in [4.78, 5) is 16.6. The fourth-order valence-corrected chi connectivity index (χ4v) is 2.59. The number of carbonyl (C=O) groups excluding carboxylic acids is 1. The molecule has 140 valence electrons. The second kappa shape index (κ2) is 9.44. The van der Waals surface area contributed by atoms with Gasteiger partial charge in [-0.05, 0) is 37.6 Å². The molecule has 5 heteroatoms. The molecule has 0 aliphatic carbocycles. The van der Waals surface area contributed by atoms with Gasteiger partial charge >= 0.3 is 0 Å². The SMILES string of the molecule is CC(C)N(Cc1ccccc1)C(=O)/C(C#N)=C\Nc1cccc(N(C)C)c1. The van der Waals surface area contributed by atoms with Crippen LogP contribution in [0.2, 0.25) is 0 Å². The predicted octanol–water partition coefficient (Wildman–Crippen LogP) is 4.01. The molecule has 2 aromatic carbocycles. The van der Waals surface area contributed by atoms with Gasteiger partial charge in [0.2, 0.25) is 0 Å². The van der Waals surface area contributed by atoms with E-state index in [-0.39, 0.29) is 17.5 Å². The lowest BCUT2D eigenvalue weighted by molar-refractivity contribution is -0.129. The third kappa shape index (κ3) is 5.61. The van der Waals surface area contributed by atoms with Crippen molar-refractivity contribution in [3.05, 3.63) is 71.9 Å². The van der Waals surface area contributed by atoms with Crippen LogP contribution < -0.4 is 10.2 Å². The van der Waals surface area contributed by atoms with E-state index in [1.165, 1.54) is 6.20 Å². The number of nitrogens with zero attached hydrogens (tertiary/aromatic N) is 3. The number of anilines is 2. The zero-order chi connectivity index (χ0) is 19.8. The lowest BCUT2D eigenvalue weighted by Gasteiger charge is -2.26. The molecule has 1 N–H and O–H groups in total. The molecule has 0 bridgehead atoms. The quantitative estimate of drug-likeness (QED) is 0.597. The number of rotatable bonds is 7. The molecular formula is C22H26N4O. The Morgan fingerprint density at radius 1 is 1.15 bits per heavy atom. The minimum absolute atomic E-state index is 0.0217. The molecule has 0 fully saturated rings. The number of hydrogen-bond acceptors (Lipinski definition) is 4. The highest BCUT2D eigenvalue weighted by molar-refractivity contribution is 5.97. The highest BCUT2D eigenvalue weighted by Gasteiger charge is 2.21. The summed E-state index contributed by atoms with van der Waals surface area (Å²) in [5.41, 5.74) is 2.96. The van der Waals surface area contributed by atoms with Crippen molar-refractivity contribution in [1.82, 2.24) is 4.90 Å². The van der Waals surface area contributed by atoms with E-state index in [9.17, 15) is 10.1 Å². The topological polar surface area (TPSA) is 59.4 Å². The Labute approximate surface area is 161 Å².